The van der Waals surface area contributed by atoms with Gasteiger partial charge >= 0.3 is 0 Å². The number of nitrogens with one attached hydrogen (secondary N) is 8. The van der Waals surface area contributed by atoms with Crippen molar-refractivity contribution in [2.24, 2.45) is 5.73 Å². The summed E-state index contributed by atoms with van der Waals surface area (Å²) in [5.41, 5.74) is 6.06. The Kier molecular flexibility index (Phi) is 29.6. The molecule has 2 bridgehead atoms. The van der Waals surface area contributed by atoms with E-state index in [4.69, 9.17) is 24.8 Å². The van der Waals surface area contributed by atoms with Crippen LogP contribution in [0.1, 0.15) is 77.6 Å². The van der Waals surface area contributed by atoms with Crippen molar-refractivity contribution in [3.63, 3.8) is 0 Å². The van der Waals surface area contributed by atoms with Crippen molar-refractivity contribution < 1.29 is 23.8 Å². The molecule has 1 amide bonds. The number of ether oxygens (including phenoxy) is 3. The summed E-state index contributed by atoms with van der Waals surface area (Å²) >= 11 is 0. The predicted octanol–water partition coefficient (Wildman–Crippen LogP) is -0.397. The molecule has 16 nitrogen and oxygen atoms in total. The normalized spacial score (nSPS) is 26.1. The van der Waals surface area contributed by atoms with Gasteiger partial charge in [-0.05, 0) is 19.4 Å². The van der Waals surface area contributed by atoms with Gasteiger partial charge in [0, 0.05) is 111 Å². The quantitative estimate of drug-likeness (QED) is 0.0816. The largest absolute Gasteiger partial charge is 0.378 e. The van der Waals surface area contributed by atoms with E-state index in [9.17, 15) is 4.79 Å². The standard InChI is InChI=1S/C41H87N11O5/c1-2-3-4-5-6-7-8-9-10-11-21-52-24-27-56-29-28-54-25-22-51(23-26-55-30-31-57-52)20-12-13-49-39(53)32-50-41-36-46-17-14-43-33-40(42,34-44-15-18-47-37-41)35-45-16-19-48-38-41/h43-48,50H,2-38,42H2,1H3,(H,49,53). The minimum Gasteiger partial charge on any atom is -0.378 e. The first-order valence-corrected chi connectivity index (χ1v) is 22.9. The molecule has 336 valence electrons. The van der Waals surface area contributed by atoms with Crippen LogP contribution < -0.4 is 48.3 Å². The summed E-state index contributed by atoms with van der Waals surface area (Å²) in [6, 6.07) is 0. The maximum absolute atomic E-state index is 13.1. The van der Waals surface area contributed by atoms with Crippen molar-refractivity contribution in [3.8, 4) is 0 Å². The topological polar surface area (TPSA) is 183 Å². The van der Waals surface area contributed by atoms with Crippen LogP contribution in [0.3, 0.4) is 0 Å². The summed E-state index contributed by atoms with van der Waals surface area (Å²) in [5.74, 6) is 0.00864. The van der Waals surface area contributed by atoms with Crippen molar-refractivity contribution in [2.75, 3.05) is 171 Å². The lowest BCUT2D eigenvalue weighted by Crippen LogP contribution is -2.67. The molecule has 0 aromatic heterocycles. The van der Waals surface area contributed by atoms with Crippen LogP contribution in [0.2, 0.25) is 0 Å². The molecule has 4 heterocycles. The van der Waals surface area contributed by atoms with Gasteiger partial charge in [0.1, 0.15) is 0 Å². The fourth-order valence-electron chi connectivity index (χ4n) is 7.50. The highest BCUT2D eigenvalue weighted by Crippen LogP contribution is 2.11. The van der Waals surface area contributed by atoms with Gasteiger partial charge in [-0.25, -0.2) is 0 Å². The van der Waals surface area contributed by atoms with E-state index in [1.54, 1.807) is 0 Å². The van der Waals surface area contributed by atoms with E-state index in [2.05, 4.69) is 59.4 Å². The van der Waals surface area contributed by atoms with E-state index in [0.717, 1.165) is 124 Å². The molecule has 0 atom stereocenters. The number of nitrogens with two attached hydrogens (primary N) is 1. The summed E-state index contributed by atoms with van der Waals surface area (Å²) < 4.78 is 17.8. The van der Waals surface area contributed by atoms with Crippen LogP contribution in [0.15, 0.2) is 0 Å². The summed E-state index contributed by atoms with van der Waals surface area (Å²) in [6.45, 7) is 20.8. The van der Waals surface area contributed by atoms with Crippen LogP contribution in [-0.4, -0.2) is 198 Å². The molecule has 0 aliphatic carbocycles. The Morgan fingerprint density at radius 1 is 0.579 bits per heavy atom. The maximum Gasteiger partial charge on any atom is 0.233 e. The number of carbonyl (C=O) groups excluding carboxylic acids is 1. The summed E-state index contributed by atoms with van der Waals surface area (Å²) in [4.78, 5) is 21.6. The highest BCUT2D eigenvalue weighted by molar-refractivity contribution is 5.78. The molecule has 57 heavy (non-hydrogen) atoms. The number of carbonyl (C=O) groups is 1. The first kappa shape index (κ1) is 50.3. The molecule has 0 radical (unpaired) electrons. The Hall–Kier alpha value is -1.09. The Morgan fingerprint density at radius 3 is 1.60 bits per heavy atom. The average molecular weight is 814 g/mol. The number of rotatable bonds is 18. The molecule has 0 spiro atoms. The van der Waals surface area contributed by atoms with E-state index in [-0.39, 0.29) is 23.5 Å². The summed E-state index contributed by atoms with van der Waals surface area (Å²) in [5, 5.41) is 30.3. The second kappa shape index (κ2) is 33.6. The molecule has 4 saturated heterocycles. The zero-order chi connectivity index (χ0) is 40.4. The van der Waals surface area contributed by atoms with Gasteiger partial charge in [0.15, 0.2) is 0 Å². The first-order valence-electron chi connectivity index (χ1n) is 22.9. The van der Waals surface area contributed by atoms with Gasteiger partial charge < -0.3 is 57.2 Å². The van der Waals surface area contributed by atoms with Crippen LogP contribution in [0.5, 0.6) is 0 Å². The molecule has 4 aliphatic heterocycles. The molecular formula is C41H87N11O5. The van der Waals surface area contributed by atoms with Gasteiger partial charge in [-0.2, -0.15) is 5.06 Å². The third-order valence-electron chi connectivity index (χ3n) is 11.1. The first-order chi connectivity index (χ1) is 28.0. The van der Waals surface area contributed by atoms with Crippen LogP contribution in [0.4, 0.5) is 0 Å². The van der Waals surface area contributed by atoms with Gasteiger partial charge in [0.25, 0.3) is 0 Å². The molecule has 4 fully saturated rings. The second-order valence-electron chi connectivity index (χ2n) is 16.4. The van der Waals surface area contributed by atoms with Crippen LogP contribution in [-0.2, 0) is 23.8 Å². The second-order valence-corrected chi connectivity index (χ2v) is 16.4. The molecule has 10 N–H and O–H groups in total. The Bertz CT molecular complexity index is 915. The van der Waals surface area contributed by atoms with E-state index in [1.807, 2.05) is 0 Å². The number of fused-ring (bicyclic) bond motifs is 15. The number of hydroxylamine groups is 2. The number of nitrogens with zero attached hydrogens (tertiary/aromatic N) is 2. The lowest BCUT2D eigenvalue weighted by molar-refractivity contribution is -0.178. The lowest BCUT2D eigenvalue weighted by Gasteiger charge is -2.37. The molecular weight excluding hydrogens is 727 g/mol. The highest BCUT2D eigenvalue weighted by atomic mass is 16.7. The Labute approximate surface area is 346 Å². The maximum atomic E-state index is 13.1. The lowest BCUT2D eigenvalue weighted by atomic mass is 9.98. The summed E-state index contributed by atoms with van der Waals surface area (Å²) in [7, 11) is 0. The molecule has 0 unspecified atom stereocenters. The van der Waals surface area contributed by atoms with Gasteiger partial charge in [-0.15, -0.1) is 0 Å². The SMILES string of the molecule is CCCCCCCCCCCCN1CCOCCOCCN(CCCNC(=O)CNC23CNCCNCC(N)(CNCCNC2)CNCCNC3)CCOCCO1. The van der Waals surface area contributed by atoms with E-state index >= 15 is 0 Å². The number of amides is 1. The van der Waals surface area contributed by atoms with E-state index < -0.39 is 0 Å². The minimum absolute atomic E-state index is 0.00864. The highest BCUT2D eigenvalue weighted by Gasteiger charge is 2.30. The van der Waals surface area contributed by atoms with Gasteiger partial charge in [-0.3, -0.25) is 19.8 Å². The zero-order valence-electron chi connectivity index (χ0n) is 36.2. The van der Waals surface area contributed by atoms with Gasteiger partial charge in [0.2, 0.25) is 5.91 Å². The van der Waals surface area contributed by atoms with Crippen molar-refractivity contribution in [2.45, 2.75) is 88.6 Å². The zero-order valence-corrected chi connectivity index (χ0v) is 36.2. The Balaban J connectivity index is 1.34. The van der Waals surface area contributed by atoms with Gasteiger partial charge in [0.05, 0.1) is 63.9 Å². The molecule has 16 heteroatoms. The van der Waals surface area contributed by atoms with Crippen molar-refractivity contribution in [1.82, 2.24) is 52.5 Å². The number of unbranched alkanes of at least 4 members (excludes halogenated alkanes) is 9. The minimum atomic E-state index is -0.349. The molecule has 0 aromatic carbocycles. The fourth-order valence-corrected chi connectivity index (χ4v) is 7.50. The molecule has 4 rings (SSSR count). The monoisotopic (exact) mass is 814 g/mol. The van der Waals surface area contributed by atoms with E-state index in [1.165, 1.54) is 57.8 Å². The molecule has 0 aromatic rings. The molecule has 0 saturated carbocycles. The van der Waals surface area contributed by atoms with Crippen molar-refractivity contribution in [1.29, 1.82) is 0 Å². The average Bonchev–Trinajstić information content (AvgIpc) is 3.21. The van der Waals surface area contributed by atoms with Crippen molar-refractivity contribution >= 4 is 5.91 Å². The number of hydrogen-bond donors (Lipinski definition) is 9. The predicted molar refractivity (Wildman–Crippen MR) is 231 cm³/mol. The van der Waals surface area contributed by atoms with Crippen LogP contribution >= 0.6 is 0 Å². The third kappa shape index (κ3) is 26.0. The summed E-state index contributed by atoms with van der Waals surface area (Å²) in [6.07, 6.45) is 14.1. The third-order valence-corrected chi connectivity index (χ3v) is 11.1. The fraction of sp³-hybridized carbons (Fsp3) is 0.976. The van der Waals surface area contributed by atoms with Crippen LogP contribution in [0.25, 0.3) is 0 Å². The number of hydrogen-bond acceptors (Lipinski definition) is 15. The van der Waals surface area contributed by atoms with Gasteiger partial charge in [-0.1, -0.05) is 64.7 Å². The molecule has 4 aliphatic rings. The Morgan fingerprint density at radius 2 is 1.05 bits per heavy atom. The van der Waals surface area contributed by atoms with E-state index in [0.29, 0.717) is 52.8 Å². The van der Waals surface area contributed by atoms with Crippen molar-refractivity contribution in [3.05, 3.63) is 0 Å². The smallest absolute Gasteiger partial charge is 0.233 e. The van der Waals surface area contributed by atoms with Crippen LogP contribution in [0, 0.1) is 0 Å².